The van der Waals surface area contributed by atoms with E-state index >= 15 is 0 Å². The van der Waals surface area contributed by atoms with Gasteiger partial charge in [0.15, 0.2) is 0 Å². The van der Waals surface area contributed by atoms with Gasteiger partial charge in [0.25, 0.3) is 5.91 Å². The third kappa shape index (κ3) is 5.78. The van der Waals surface area contributed by atoms with E-state index in [0.29, 0.717) is 37.9 Å². The number of nitrogens with zero attached hydrogens (tertiary/aromatic N) is 2. The van der Waals surface area contributed by atoms with Crippen molar-refractivity contribution in [2.75, 3.05) is 10.2 Å². The lowest BCUT2D eigenvalue weighted by Crippen LogP contribution is -2.30. The lowest BCUT2D eigenvalue weighted by atomic mass is 10.1. The largest absolute Gasteiger partial charge is 0.321 e. The van der Waals surface area contributed by atoms with Gasteiger partial charge in [0.05, 0.1) is 15.3 Å². The van der Waals surface area contributed by atoms with Crippen LogP contribution in [-0.2, 0) is 16.0 Å². The summed E-state index contributed by atoms with van der Waals surface area (Å²) in [5.74, 6) is -0.912. The minimum absolute atomic E-state index is 0.190. The molecule has 3 aromatic carbocycles. The van der Waals surface area contributed by atoms with Gasteiger partial charge in [-0.15, -0.1) is 0 Å². The monoisotopic (exact) mass is 561 g/mol. The number of carbonyl (C=O) groups is 2. The molecule has 176 valence electrons. The molecule has 1 N–H and O–H groups in total. The first-order chi connectivity index (χ1) is 16.8. The Morgan fingerprint density at radius 2 is 1.57 bits per heavy atom. The minimum Gasteiger partial charge on any atom is -0.321 e. The number of nitrogens with one attached hydrogen (secondary N) is 1. The Labute approximate surface area is 226 Å². The standard InChI is InChI=1S/C25H15Cl4N3O2S/c26-15-2-6-17(7-3-15)31-23(33)19(13-30)25-32(18-8-4-16(27)5-9-18)24(34)22(35-25)12-14-1-10-20(28)21(29)11-14/h1-11,22H,12H2,(H,31,33)/b25-19-. The Bertz CT molecular complexity index is 1370. The van der Waals surface area contributed by atoms with Gasteiger partial charge >= 0.3 is 0 Å². The zero-order chi connectivity index (χ0) is 25.1. The summed E-state index contributed by atoms with van der Waals surface area (Å²) in [5.41, 5.74) is 1.56. The van der Waals surface area contributed by atoms with Crippen molar-refractivity contribution < 1.29 is 9.59 Å². The van der Waals surface area contributed by atoms with Crippen LogP contribution < -0.4 is 10.2 Å². The SMILES string of the molecule is N#C/C(C(=O)Nc1ccc(Cl)cc1)=C1/SC(Cc2ccc(Cl)c(Cl)c2)C(=O)N1c1ccc(Cl)cc1. The molecule has 35 heavy (non-hydrogen) atoms. The summed E-state index contributed by atoms with van der Waals surface area (Å²) >= 11 is 25.2. The maximum absolute atomic E-state index is 13.5. The lowest BCUT2D eigenvalue weighted by Gasteiger charge is -2.19. The van der Waals surface area contributed by atoms with E-state index in [2.05, 4.69) is 5.32 Å². The highest BCUT2D eigenvalue weighted by Gasteiger charge is 2.40. The first-order valence-electron chi connectivity index (χ1n) is 10.2. The van der Waals surface area contributed by atoms with E-state index in [0.717, 1.165) is 17.3 Å². The maximum atomic E-state index is 13.5. The Morgan fingerprint density at radius 3 is 2.17 bits per heavy atom. The number of amides is 2. The summed E-state index contributed by atoms with van der Waals surface area (Å²) < 4.78 is 0. The molecule has 10 heteroatoms. The molecule has 1 aliphatic rings. The molecule has 1 fully saturated rings. The molecule has 1 unspecified atom stereocenters. The molecule has 4 rings (SSSR count). The molecule has 3 aromatic rings. The molecular formula is C25H15Cl4N3O2S. The van der Waals surface area contributed by atoms with E-state index in [-0.39, 0.29) is 16.5 Å². The van der Waals surface area contributed by atoms with Crippen LogP contribution in [0.15, 0.2) is 77.3 Å². The van der Waals surface area contributed by atoms with Crippen molar-refractivity contribution in [1.82, 2.24) is 0 Å². The van der Waals surface area contributed by atoms with E-state index < -0.39 is 11.2 Å². The average Bonchev–Trinajstić information content (AvgIpc) is 3.14. The number of halogens is 4. The van der Waals surface area contributed by atoms with E-state index in [9.17, 15) is 14.9 Å². The summed E-state index contributed by atoms with van der Waals surface area (Å²) in [7, 11) is 0. The third-order valence-corrected chi connectivity index (χ3v) is 7.60. The van der Waals surface area contributed by atoms with Crippen molar-refractivity contribution in [3.8, 4) is 6.07 Å². The van der Waals surface area contributed by atoms with Crippen molar-refractivity contribution in [2.24, 2.45) is 0 Å². The van der Waals surface area contributed by atoms with Gasteiger partial charge in [0, 0.05) is 21.4 Å². The van der Waals surface area contributed by atoms with Gasteiger partial charge in [-0.25, -0.2) is 0 Å². The fraction of sp³-hybridized carbons (Fsp3) is 0.0800. The zero-order valence-electron chi connectivity index (χ0n) is 17.8. The Morgan fingerprint density at radius 1 is 0.943 bits per heavy atom. The second-order valence-electron chi connectivity index (χ2n) is 7.46. The second-order valence-corrected chi connectivity index (χ2v) is 10.3. The number of benzene rings is 3. The number of carbonyl (C=O) groups excluding carboxylic acids is 2. The molecule has 0 aliphatic carbocycles. The smallest absolute Gasteiger partial charge is 0.269 e. The van der Waals surface area contributed by atoms with Crippen LogP contribution in [0.4, 0.5) is 11.4 Å². The normalized spacial score (nSPS) is 16.7. The summed E-state index contributed by atoms with van der Waals surface area (Å²) in [6, 6.07) is 20.2. The van der Waals surface area contributed by atoms with E-state index in [1.807, 2.05) is 6.07 Å². The van der Waals surface area contributed by atoms with Gasteiger partial charge in [0.1, 0.15) is 16.7 Å². The third-order valence-electron chi connectivity index (χ3n) is 5.10. The molecule has 0 aromatic heterocycles. The number of rotatable bonds is 5. The van der Waals surface area contributed by atoms with Crippen LogP contribution in [0.3, 0.4) is 0 Å². The predicted octanol–water partition coefficient (Wildman–Crippen LogP) is 7.37. The quantitative estimate of drug-likeness (QED) is 0.260. The molecule has 1 heterocycles. The van der Waals surface area contributed by atoms with E-state index in [4.69, 9.17) is 46.4 Å². The maximum Gasteiger partial charge on any atom is 0.269 e. The highest BCUT2D eigenvalue weighted by molar-refractivity contribution is 8.05. The Balaban J connectivity index is 1.72. The highest BCUT2D eigenvalue weighted by atomic mass is 35.5. The first kappa shape index (κ1) is 25.4. The molecule has 1 saturated heterocycles. The lowest BCUT2D eigenvalue weighted by molar-refractivity contribution is -0.117. The van der Waals surface area contributed by atoms with E-state index in [1.165, 1.54) is 4.90 Å². The van der Waals surface area contributed by atoms with Crippen LogP contribution in [0.25, 0.3) is 0 Å². The molecule has 1 atom stereocenters. The topological polar surface area (TPSA) is 73.2 Å². The van der Waals surface area contributed by atoms with Crippen LogP contribution in [0.1, 0.15) is 5.56 Å². The molecule has 0 spiro atoms. The predicted molar refractivity (Wildman–Crippen MR) is 143 cm³/mol. The van der Waals surface area contributed by atoms with Crippen LogP contribution in [0.5, 0.6) is 0 Å². The zero-order valence-corrected chi connectivity index (χ0v) is 21.6. The summed E-state index contributed by atoms with van der Waals surface area (Å²) in [4.78, 5) is 28.0. The second kappa shape index (κ2) is 10.9. The molecule has 0 saturated carbocycles. The van der Waals surface area contributed by atoms with Crippen LogP contribution in [-0.4, -0.2) is 17.1 Å². The average molecular weight is 563 g/mol. The summed E-state index contributed by atoms with van der Waals surface area (Å²) in [5, 5.41) is 14.0. The molecular weight excluding hydrogens is 548 g/mol. The van der Waals surface area contributed by atoms with Crippen LogP contribution in [0.2, 0.25) is 20.1 Å². The summed E-state index contributed by atoms with van der Waals surface area (Å²) in [6.07, 6.45) is 0.325. The molecule has 5 nitrogen and oxygen atoms in total. The number of thioether (sulfide) groups is 1. The molecule has 0 bridgehead atoms. The van der Waals surface area contributed by atoms with Crippen molar-refractivity contribution in [2.45, 2.75) is 11.7 Å². The van der Waals surface area contributed by atoms with Crippen molar-refractivity contribution >= 4 is 81.4 Å². The Kier molecular flexibility index (Phi) is 7.95. The minimum atomic E-state index is -0.640. The number of hydrogen-bond donors (Lipinski definition) is 1. The fourth-order valence-corrected chi connectivity index (χ4v) is 5.30. The van der Waals surface area contributed by atoms with Gasteiger partial charge < -0.3 is 5.32 Å². The number of anilines is 2. The van der Waals surface area contributed by atoms with Crippen LogP contribution in [0, 0.1) is 11.3 Å². The molecule has 1 aliphatic heterocycles. The number of nitriles is 1. The van der Waals surface area contributed by atoms with E-state index in [1.54, 1.807) is 66.7 Å². The van der Waals surface area contributed by atoms with Crippen molar-refractivity contribution in [3.05, 3.63) is 103 Å². The summed E-state index contributed by atoms with van der Waals surface area (Å²) in [6.45, 7) is 0. The van der Waals surface area contributed by atoms with Gasteiger partial charge in [-0.3, -0.25) is 14.5 Å². The van der Waals surface area contributed by atoms with Gasteiger partial charge in [-0.2, -0.15) is 5.26 Å². The van der Waals surface area contributed by atoms with Crippen LogP contribution >= 0.6 is 58.2 Å². The number of hydrogen-bond acceptors (Lipinski definition) is 4. The van der Waals surface area contributed by atoms with Crippen molar-refractivity contribution in [3.63, 3.8) is 0 Å². The fourth-order valence-electron chi connectivity index (χ4n) is 3.42. The van der Waals surface area contributed by atoms with Crippen molar-refractivity contribution in [1.29, 1.82) is 5.26 Å². The Hall–Kier alpha value is -2.66. The molecule has 0 radical (unpaired) electrons. The molecule has 2 amide bonds. The van der Waals surface area contributed by atoms with Gasteiger partial charge in [-0.1, -0.05) is 64.2 Å². The van der Waals surface area contributed by atoms with Gasteiger partial charge in [-0.05, 0) is 72.6 Å². The highest BCUT2D eigenvalue weighted by Crippen LogP contribution is 2.42. The van der Waals surface area contributed by atoms with Gasteiger partial charge in [0.2, 0.25) is 5.91 Å². The first-order valence-corrected chi connectivity index (χ1v) is 12.6.